The number of aliphatic hydroxyl groups is 1. The van der Waals surface area contributed by atoms with Gasteiger partial charge in [-0.25, -0.2) is 4.79 Å². The summed E-state index contributed by atoms with van der Waals surface area (Å²) in [5.74, 6) is -5.14. The number of rotatable bonds is 14. The number of carbonyl (C=O) groups excluding carboxylic acids is 4. The van der Waals surface area contributed by atoms with Gasteiger partial charge in [0.25, 0.3) is 0 Å². The van der Waals surface area contributed by atoms with Crippen molar-refractivity contribution < 1.29 is 39.3 Å². The number of phenols is 1. The molecule has 10 N–H and O–H groups in total. The van der Waals surface area contributed by atoms with Crippen LogP contribution in [0.1, 0.15) is 32.3 Å². The maximum absolute atomic E-state index is 13.0. The summed E-state index contributed by atoms with van der Waals surface area (Å²) in [5.41, 5.74) is 11.1. The van der Waals surface area contributed by atoms with Gasteiger partial charge >= 0.3 is 5.97 Å². The second kappa shape index (κ2) is 13.9. The van der Waals surface area contributed by atoms with Gasteiger partial charge in [-0.2, -0.15) is 0 Å². The maximum atomic E-state index is 13.0. The molecule has 0 saturated heterocycles. The van der Waals surface area contributed by atoms with Crippen LogP contribution in [0.25, 0.3) is 0 Å². The smallest absolute Gasteiger partial charge is 0.326 e. The summed E-state index contributed by atoms with van der Waals surface area (Å²) < 4.78 is 0. The van der Waals surface area contributed by atoms with Crippen molar-refractivity contribution in [1.82, 2.24) is 16.0 Å². The van der Waals surface area contributed by atoms with Gasteiger partial charge in [0.05, 0.1) is 19.1 Å². The number of nitrogens with two attached hydrogens (primary N) is 2. The van der Waals surface area contributed by atoms with Crippen LogP contribution in [0.15, 0.2) is 24.3 Å². The van der Waals surface area contributed by atoms with Crippen LogP contribution >= 0.6 is 0 Å². The molecule has 1 aromatic rings. The lowest BCUT2D eigenvalue weighted by molar-refractivity contribution is -0.142. The number of carbonyl (C=O) groups is 5. The molecular formula is C22H33N5O8. The fourth-order valence-corrected chi connectivity index (χ4v) is 3.07. The first-order valence-corrected chi connectivity index (χ1v) is 11.0. The molecule has 13 heteroatoms. The molecule has 1 rings (SSSR count). The fourth-order valence-electron chi connectivity index (χ4n) is 3.07. The number of carboxylic acids is 1. The van der Waals surface area contributed by atoms with Crippen molar-refractivity contribution >= 4 is 29.6 Å². The summed E-state index contributed by atoms with van der Waals surface area (Å²) in [6.07, 6.45) is -0.107. The topological polar surface area (TPSA) is 234 Å². The molecule has 4 amide bonds. The molecule has 13 nitrogen and oxygen atoms in total. The third kappa shape index (κ3) is 9.59. The van der Waals surface area contributed by atoms with Gasteiger partial charge in [0.15, 0.2) is 0 Å². The highest BCUT2D eigenvalue weighted by Gasteiger charge is 2.32. The molecule has 0 saturated carbocycles. The van der Waals surface area contributed by atoms with Crippen molar-refractivity contribution in [2.75, 3.05) is 6.61 Å². The third-order valence-corrected chi connectivity index (χ3v) is 5.36. The summed E-state index contributed by atoms with van der Waals surface area (Å²) in [6.45, 7) is 2.60. The Bertz CT molecular complexity index is 908. The normalized spacial score (nSPS) is 15.1. The average molecular weight is 496 g/mol. The van der Waals surface area contributed by atoms with Crippen molar-refractivity contribution in [3.05, 3.63) is 29.8 Å². The number of nitrogens with one attached hydrogen (secondary N) is 3. The number of amides is 4. The molecule has 0 aliphatic rings. The van der Waals surface area contributed by atoms with E-state index >= 15 is 0 Å². The van der Waals surface area contributed by atoms with Gasteiger partial charge in [0.2, 0.25) is 23.6 Å². The van der Waals surface area contributed by atoms with Crippen molar-refractivity contribution in [3.8, 4) is 5.75 Å². The van der Waals surface area contributed by atoms with E-state index in [0.29, 0.717) is 12.0 Å². The molecular weight excluding hydrogens is 462 g/mol. The van der Waals surface area contributed by atoms with Crippen LogP contribution in [0, 0.1) is 5.92 Å². The number of aliphatic carboxylic acids is 1. The predicted molar refractivity (Wildman–Crippen MR) is 124 cm³/mol. The minimum atomic E-state index is -1.48. The largest absolute Gasteiger partial charge is 0.508 e. The minimum absolute atomic E-state index is 0.00493. The van der Waals surface area contributed by atoms with E-state index in [2.05, 4.69) is 16.0 Å². The number of phenolic OH excluding ortho intramolecular Hbond substituents is 1. The Labute approximate surface area is 202 Å². The summed E-state index contributed by atoms with van der Waals surface area (Å²) in [6, 6.07) is 0.488. The van der Waals surface area contributed by atoms with E-state index in [9.17, 15) is 39.3 Å². The minimum Gasteiger partial charge on any atom is -0.508 e. The first-order chi connectivity index (χ1) is 16.4. The number of aliphatic hydroxyl groups excluding tert-OH is 1. The van der Waals surface area contributed by atoms with E-state index < -0.39 is 72.7 Å². The summed E-state index contributed by atoms with van der Waals surface area (Å²) in [4.78, 5) is 60.4. The van der Waals surface area contributed by atoms with Gasteiger partial charge in [0, 0.05) is 6.42 Å². The zero-order valence-corrected chi connectivity index (χ0v) is 19.6. The zero-order valence-electron chi connectivity index (χ0n) is 19.6. The highest BCUT2D eigenvalue weighted by molar-refractivity contribution is 5.95. The Morgan fingerprint density at radius 1 is 0.943 bits per heavy atom. The zero-order chi connectivity index (χ0) is 26.7. The molecule has 0 fully saturated rings. The first kappa shape index (κ1) is 29.3. The van der Waals surface area contributed by atoms with Crippen LogP contribution < -0.4 is 27.4 Å². The lowest BCUT2D eigenvalue weighted by Gasteiger charge is -2.27. The van der Waals surface area contributed by atoms with Crippen molar-refractivity contribution in [2.24, 2.45) is 17.4 Å². The third-order valence-electron chi connectivity index (χ3n) is 5.36. The number of benzene rings is 1. The Balaban J connectivity index is 2.94. The molecule has 194 valence electrons. The number of carboxylic acid groups (broad SMARTS) is 1. The number of hydrogen-bond donors (Lipinski definition) is 8. The molecule has 0 radical (unpaired) electrons. The molecule has 0 aliphatic heterocycles. The van der Waals surface area contributed by atoms with Gasteiger partial charge < -0.3 is 42.7 Å². The number of aromatic hydroxyl groups is 1. The molecule has 0 aromatic heterocycles. The van der Waals surface area contributed by atoms with Crippen LogP contribution in [0.5, 0.6) is 5.75 Å². The second-order valence-corrected chi connectivity index (χ2v) is 8.16. The molecule has 0 aliphatic carbocycles. The van der Waals surface area contributed by atoms with Crippen LogP contribution in [-0.2, 0) is 30.4 Å². The monoisotopic (exact) mass is 495 g/mol. The van der Waals surface area contributed by atoms with Gasteiger partial charge in [-0.1, -0.05) is 32.4 Å². The summed E-state index contributed by atoms with van der Waals surface area (Å²) in [7, 11) is 0. The molecule has 0 bridgehead atoms. The quantitative estimate of drug-likeness (QED) is 0.138. The molecule has 5 atom stereocenters. The van der Waals surface area contributed by atoms with Crippen molar-refractivity contribution in [3.63, 3.8) is 0 Å². The highest BCUT2D eigenvalue weighted by atomic mass is 16.4. The highest BCUT2D eigenvalue weighted by Crippen LogP contribution is 2.13. The van der Waals surface area contributed by atoms with Gasteiger partial charge in [0.1, 0.15) is 23.9 Å². The molecule has 1 aromatic carbocycles. The lowest BCUT2D eigenvalue weighted by atomic mass is 9.97. The molecule has 5 unspecified atom stereocenters. The van der Waals surface area contributed by atoms with E-state index in [4.69, 9.17) is 11.5 Å². The van der Waals surface area contributed by atoms with Crippen LogP contribution in [0.3, 0.4) is 0 Å². The Morgan fingerprint density at radius 3 is 2.00 bits per heavy atom. The Hall–Kier alpha value is -3.71. The molecule has 0 heterocycles. The number of primary amides is 1. The second-order valence-electron chi connectivity index (χ2n) is 8.16. The van der Waals surface area contributed by atoms with Crippen LogP contribution in [0.4, 0.5) is 0 Å². The van der Waals surface area contributed by atoms with E-state index in [-0.39, 0.29) is 12.2 Å². The Kier molecular flexibility index (Phi) is 11.6. The van der Waals surface area contributed by atoms with E-state index in [1.54, 1.807) is 13.8 Å². The van der Waals surface area contributed by atoms with E-state index in [0.717, 1.165) is 0 Å². The van der Waals surface area contributed by atoms with E-state index in [1.165, 1.54) is 24.3 Å². The van der Waals surface area contributed by atoms with Crippen LogP contribution in [0.2, 0.25) is 0 Å². The maximum Gasteiger partial charge on any atom is 0.326 e. The fraction of sp³-hybridized carbons (Fsp3) is 0.500. The molecule has 0 spiro atoms. The van der Waals surface area contributed by atoms with E-state index in [1.807, 2.05) is 0 Å². The van der Waals surface area contributed by atoms with Gasteiger partial charge in [-0.15, -0.1) is 0 Å². The summed E-state index contributed by atoms with van der Waals surface area (Å²) in [5, 5.41) is 35.5. The van der Waals surface area contributed by atoms with Gasteiger partial charge in [-0.05, 0) is 23.6 Å². The molecule has 35 heavy (non-hydrogen) atoms. The standard InChI is InChI=1S/C22H33N5O8/c1-3-11(2)18(27-20(32)16(10-28)26-19(31)14(23)9-17(24)30)21(33)25-15(22(34)35)8-12-4-6-13(29)7-5-12/h4-7,11,14-16,18,28-29H,3,8-10,23H2,1-2H3,(H2,24,30)(H,25,33)(H,26,31)(H,27,32)(H,34,35). The SMILES string of the molecule is CCC(C)C(NC(=O)C(CO)NC(=O)C(N)CC(N)=O)C(=O)NC(Cc1ccc(O)cc1)C(=O)O. The van der Waals surface area contributed by atoms with Crippen LogP contribution in [-0.4, -0.2) is 75.7 Å². The average Bonchev–Trinajstić information content (AvgIpc) is 2.80. The summed E-state index contributed by atoms with van der Waals surface area (Å²) >= 11 is 0. The first-order valence-electron chi connectivity index (χ1n) is 11.0. The Morgan fingerprint density at radius 2 is 1.51 bits per heavy atom. The lowest BCUT2D eigenvalue weighted by Crippen LogP contribution is -2.59. The van der Waals surface area contributed by atoms with Crippen molar-refractivity contribution in [2.45, 2.75) is 57.3 Å². The predicted octanol–water partition coefficient (Wildman–Crippen LogP) is -2.29. The van der Waals surface area contributed by atoms with Crippen molar-refractivity contribution in [1.29, 1.82) is 0 Å². The van der Waals surface area contributed by atoms with Gasteiger partial charge in [-0.3, -0.25) is 19.2 Å². The number of hydrogen-bond acceptors (Lipinski definition) is 8.